The maximum absolute atomic E-state index is 11.3. The van der Waals surface area contributed by atoms with Gasteiger partial charge in [-0.05, 0) is 19.3 Å². The molecule has 2 nitrogen and oxygen atoms in total. The number of ether oxygens (including phenoxy) is 1. The molecule has 0 bridgehead atoms. The number of hydrogen-bond donors (Lipinski definition) is 0. The molecule has 19 heavy (non-hydrogen) atoms. The predicted octanol–water partition coefficient (Wildman–Crippen LogP) is 5.25. The van der Waals surface area contributed by atoms with Gasteiger partial charge in [0.2, 0.25) is 0 Å². The molecule has 0 aromatic rings. The van der Waals surface area contributed by atoms with Crippen molar-refractivity contribution in [1.29, 1.82) is 0 Å². The van der Waals surface area contributed by atoms with Gasteiger partial charge in [-0.25, -0.2) is 0 Å². The van der Waals surface area contributed by atoms with Crippen molar-refractivity contribution in [2.24, 2.45) is 5.92 Å². The SMILES string of the molecule is CCCCCCCCCCCCCOC(=O)C1CC1. The smallest absolute Gasteiger partial charge is 0.308 e. The Kier molecular flexibility index (Phi) is 9.84. The third-order valence-electron chi connectivity index (χ3n) is 3.90. The van der Waals surface area contributed by atoms with E-state index >= 15 is 0 Å². The Hall–Kier alpha value is -0.530. The fourth-order valence-electron chi connectivity index (χ4n) is 2.38. The zero-order valence-electron chi connectivity index (χ0n) is 12.8. The summed E-state index contributed by atoms with van der Waals surface area (Å²) in [7, 11) is 0. The van der Waals surface area contributed by atoms with Crippen LogP contribution >= 0.6 is 0 Å². The monoisotopic (exact) mass is 268 g/mol. The summed E-state index contributed by atoms with van der Waals surface area (Å²) >= 11 is 0. The molecule has 0 spiro atoms. The lowest BCUT2D eigenvalue weighted by Gasteiger charge is -2.04. The van der Waals surface area contributed by atoms with Crippen LogP contribution in [-0.4, -0.2) is 12.6 Å². The van der Waals surface area contributed by atoms with Crippen LogP contribution in [0.2, 0.25) is 0 Å². The summed E-state index contributed by atoms with van der Waals surface area (Å²) in [5.74, 6) is 0.305. The van der Waals surface area contributed by atoms with Gasteiger partial charge in [-0.15, -0.1) is 0 Å². The van der Waals surface area contributed by atoms with Crippen LogP contribution < -0.4 is 0 Å². The maximum Gasteiger partial charge on any atom is 0.308 e. The van der Waals surface area contributed by atoms with E-state index < -0.39 is 0 Å². The van der Waals surface area contributed by atoms with Crippen molar-refractivity contribution in [3.63, 3.8) is 0 Å². The van der Waals surface area contributed by atoms with Crippen molar-refractivity contribution < 1.29 is 9.53 Å². The molecule has 1 fully saturated rings. The van der Waals surface area contributed by atoms with E-state index in [0.29, 0.717) is 6.61 Å². The first-order valence-corrected chi connectivity index (χ1v) is 8.51. The lowest BCUT2D eigenvalue weighted by atomic mass is 10.1. The summed E-state index contributed by atoms with van der Waals surface area (Å²) < 4.78 is 5.21. The van der Waals surface area contributed by atoms with Crippen molar-refractivity contribution in [2.75, 3.05) is 6.61 Å². The van der Waals surface area contributed by atoms with Gasteiger partial charge in [0.05, 0.1) is 12.5 Å². The van der Waals surface area contributed by atoms with Gasteiger partial charge < -0.3 is 4.74 Å². The molecule has 1 aliphatic carbocycles. The van der Waals surface area contributed by atoms with Crippen LogP contribution in [0.1, 0.15) is 90.4 Å². The molecule has 0 amide bonds. The Morgan fingerprint density at radius 3 is 1.79 bits per heavy atom. The van der Waals surface area contributed by atoms with Crippen molar-refractivity contribution in [1.82, 2.24) is 0 Å². The molecule has 0 aliphatic heterocycles. The predicted molar refractivity (Wildman–Crippen MR) is 80.1 cm³/mol. The molecule has 0 N–H and O–H groups in total. The number of hydrogen-bond acceptors (Lipinski definition) is 2. The molecule has 0 unspecified atom stereocenters. The molecule has 1 aliphatic rings. The van der Waals surface area contributed by atoms with Gasteiger partial charge in [0.1, 0.15) is 0 Å². The summed E-state index contributed by atoms with van der Waals surface area (Å²) in [4.78, 5) is 11.3. The Bertz CT molecular complexity index is 221. The summed E-state index contributed by atoms with van der Waals surface area (Å²) in [5, 5.41) is 0. The van der Waals surface area contributed by atoms with Gasteiger partial charge in [-0.1, -0.05) is 71.1 Å². The second-order valence-electron chi connectivity index (χ2n) is 5.98. The quantitative estimate of drug-likeness (QED) is 0.337. The van der Waals surface area contributed by atoms with Crippen LogP contribution in [-0.2, 0) is 9.53 Å². The van der Waals surface area contributed by atoms with E-state index in [1.807, 2.05) is 0 Å². The van der Waals surface area contributed by atoms with Crippen molar-refractivity contribution in [2.45, 2.75) is 90.4 Å². The zero-order valence-corrected chi connectivity index (χ0v) is 12.8. The van der Waals surface area contributed by atoms with Crippen LogP contribution in [0.15, 0.2) is 0 Å². The normalized spacial score (nSPS) is 14.6. The molecule has 0 radical (unpaired) electrons. The third kappa shape index (κ3) is 9.98. The minimum absolute atomic E-state index is 0.0482. The summed E-state index contributed by atoms with van der Waals surface area (Å²) in [5.41, 5.74) is 0. The Balaban J connectivity index is 1.68. The van der Waals surface area contributed by atoms with Gasteiger partial charge in [0.25, 0.3) is 0 Å². The lowest BCUT2D eigenvalue weighted by Crippen LogP contribution is -2.07. The Morgan fingerprint density at radius 2 is 1.32 bits per heavy atom. The van der Waals surface area contributed by atoms with Gasteiger partial charge >= 0.3 is 5.97 Å². The molecule has 0 aromatic heterocycles. The van der Waals surface area contributed by atoms with Crippen LogP contribution in [0.3, 0.4) is 0 Å². The van der Waals surface area contributed by atoms with E-state index in [2.05, 4.69) is 6.92 Å². The van der Waals surface area contributed by atoms with E-state index in [0.717, 1.165) is 19.3 Å². The molecule has 0 atom stereocenters. The standard InChI is InChI=1S/C17H32O2/c1-2-3-4-5-6-7-8-9-10-11-12-15-19-17(18)16-13-14-16/h16H,2-15H2,1H3. The molecule has 0 aromatic carbocycles. The largest absolute Gasteiger partial charge is 0.465 e. The Morgan fingerprint density at radius 1 is 0.842 bits per heavy atom. The fourth-order valence-corrected chi connectivity index (χ4v) is 2.38. The van der Waals surface area contributed by atoms with Gasteiger partial charge in [-0.2, -0.15) is 0 Å². The number of esters is 1. The van der Waals surface area contributed by atoms with Crippen molar-refractivity contribution in [3.05, 3.63) is 0 Å². The average molecular weight is 268 g/mol. The molecule has 1 rings (SSSR count). The fraction of sp³-hybridized carbons (Fsp3) is 0.941. The van der Waals surface area contributed by atoms with Crippen molar-refractivity contribution in [3.8, 4) is 0 Å². The molecule has 1 saturated carbocycles. The topological polar surface area (TPSA) is 26.3 Å². The first-order valence-electron chi connectivity index (χ1n) is 8.51. The van der Waals surface area contributed by atoms with Crippen LogP contribution in [0.4, 0.5) is 0 Å². The first-order chi connectivity index (χ1) is 9.34. The van der Waals surface area contributed by atoms with E-state index in [9.17, 15) is 4.79 Å². The van der Waals surface area contributed by atoms with E-state index in [-0.39, 0.29) is 11.9 Å². The number of carbonyl (C=O) groups excluding carboxylic acids is 1. The minimum atomic E-state index is 0.0482. The van der Waals surface area contributed by atoms with Gasteiger partial charge in [0.15, 0.2) is 0 Å². The molecular weight excluding hydrogens is 236 g/mol. The van der Waals surface area contributed by atoms with Crippen LogP contribution in [0.5, 0.6) is 0 Å². The lowest BCUT2D eigenvalue weighted by molar-refractivity contribution is -0.145. The van der Waals surface area contributed by atoms with Gasteiger partial charge in [-0.3, -0.25) is 4.79 Å². The molecule has 0 saturated heterocycles. The summed E-state index contributed by atoms with van der Waals surface area (Å²) in [6, 6.07) is 0. The number of carbonyl (C=O) groups is 1. The first kappa shape index (κ1) is 16.5. The van der Waals surface area contributed by atoms with Gasteiger partial charge in [0, 0.05) is 0 Å². The summed E-state index contributed by atoms with van der Waals surface area (Å²) in [6.07, 6.45) is 16.8. The Labute approximate surface area is 119 Å². The molecule has 0 heterocycles. The maximum atomic E-state index is 11.3. The van der Waals surface area contributed by atoms with Crippen LogP contribution in [0.25, 0.3) is 0 Å². The van der Waals surface area contributed by atoms with E-state index in [1.165, 1.54) is 64.2 Å². The molecular formula is C17H32O2. The van der Waals surface area contributed by atoms with Crippen molar-refractivity contribution >= 4 is 5.97 Å². The van der Waals surface area contributed by atoms with E-state index in [4.69, 9.17) is 4.74 Å². The highest BCUT2D eigenvalue weighted by Crippen LogP contribution is 2.30. The second kappa shape index (κ2) is 11.3. The van der Waals surface area contributed by atoms with Crippen LogP contribution in [0, 0.1) is 5.92 Å². The highest BCUT2D eigenvalue weighted by atomic mass is 16.5. The summed E-state index contributed by atoms with van der Waals surface area (Å²) in [6.45, 7) is 2.91. The molecule has 112 valence electrons. The molecule has 2 heteroatoms. The highest BCUT2D eigenvalue weighted by Gasteiger charge is 2.30. The number of unbranched alkanes of at least 4 members (excludes halogenated alkanes) is 10. The zero-order chi connectivity index (χ0) is 13.8. The minimum Gasteiger partial charge on any atom is -0.465 e. The highest BCUT2D eigenvalue weighted by molar-refractivity contribution is 5.74. The second-order valence-corrected chi connectivity index (χ2v) is 5.98. The number of rotatable bonds is 13. The average Bonchev–Trinajstić information content (AvgIpc) is 3.24. The van der Waals surface area contributed by atoms with E-state index in [1.54, 1.807) is 0 Å². The third-order valence-corrected chi connectivity index (χ3v) is 3.90.